The summed E-state index contributed by atoms with van der Waals surface area (Å²) in [7, 11) is 0. The van der Waals surface area contributed by atoms with Gasteiger partial charge in [0.15, 0.2) is 0 Å². The van der Waals surface area contributed by atoms with Gasteiger partial charge in [-0.1, -0.05) is 6.08 Å². The quantitative estimate of drug-likeness (QED) is 0.576. The Labute approximate surface area is 121 Å². The Morgan fingerprint density at radius 2 is 2.16 bits per heavy atom. The van der Waals surface area contributed by atoms with Crippen LogP contribution in [-0.4, -0.2) is 30.1 Å². The van der Waals surface area contributed by atoms with Gasteiger partial charge >= 0.3 is 6.18 Å². The second-order valence-electron chi connectivity index (χ2n) is 3.60. The van der Waals surface area contributed by atoms with E-state index in [-0.39, 0.29) is 6.54 Å². The fraction of sp³-hybridized carbons (Fsp3) is 0.250. The minimum absolute atomic E-state index is 0.142. The van der Waals surface area contributed by atoms with Crippen LogP contribution >= 0.6 is 27.3 Å². The molecule has 0 aliphatic heterocycles. The molecule has 0 aliphatic carbocycles. The summed E-state index contributed by atoms with van der Waals surface area (Å²) in [6, 6.07) is 3.56. The van der Waals surface area contributed by atoms with Crippen LogP contribution in [0.1, 0.15) is 4.88 Å². The number of amides is 1. The standard InChI is InChI=1S/C12H11BrF3NOS/c1-2-7-17(8-12(14,15)16)11(18)6-4-9-3-5-10(13)19-9/h2-6H,1,7-8H2/b6-4+. The zero-order valence-electron chi connectivity index (χ0n) is 9.78. The molecule has 0 radical (unpaired) electrons. The Bertz CT molecular complexity index is 482. The lowest BCUT2D eigenvalue weighted by atomic mass is 10.3. The van der Waals surface area contributed by atoms with Gasteiger partial charge in [0.2, 0.25) is 5.91 Å². The van der Waals surface area contributed by atoms with Crippen LogP contribution in [0, 0.1) is 0 Å². The normalized spacial score (nSPS) is 11.8. The summed E-state index contributed by atoms with van der Waals surface area (Å²) >= 11 is 4.64. The molecule has 104 valence electrons. The average molecular weight is 354 g/mol. The van der Waals surface area contributed by atoms with E-state index in [9.17, 15) is 18.0 Å². The number of nitrogens with zero attached hydrogens (tertiary/aromatic N) is 1. The maximum absolute atomic E-state index is 12.3. The summed E-state index contributed by atoms with van der Waals surface area (Å²) in [4.78, 5) is 13.1. The van der Waals surface area contributed by atoms with Gasteiger partial charge in [0.25, 0.3) is 0 Å². The molecule has 7 heteroatoms. The van der Waals surface area contributed by atoms with Crippen LogP contribution < -0.4 is 0 Å². The molecule has 0 spiro atoms. The van der Waals surface area contributed by atoms with Gasteiger partial charge in [0, 0.05) is 17.5 Å². The summed E-state index contributed by atoms with van der Waals surface area (Å²) in [5.74, 6) is -0.693. The fourth-order valence-corrected chi connectivity index (χ4v) is 2.61. The van der Waals surface area contributed by atoms with Crippen molar-refractivity contribution < 1.29 is 18.0 Å². The highest BCUT2D eigenvalue weighted by molar-refractivity contribution is 9.11. The lowest BCUT2D eigenvalue weighted by Crippen LogP contribution is -2.38. The summed E-state index contributed by atoms with van der Waals surface area (Å²) < 4.78 is 37.8. The van der Waals surface area contributed by atoms with Gasteiger partial charge in [-0.05, 0) is 34.1 Å². The molecule has 2 nitrogen and oxygen atoms in total. The molecule has 0 saturated heterocycles. The van der Waals surface area contributed by atoms with Crippen molar-refractivity contribution in [1.29, 1.82) is 0 Å². The summed E-state index contributed by atoms with van der Waals surface area (Å²) in [6.07, 6.45) is -0.532. The molecular weight excluding hydrogens is 343 g/mol. The lowest BCUT2D eigenvalue weighted by Gasteiger charge is -2.20. The molecule has 0 bridgehead atoms. The minimum Gasteiger partial charge on any atom is -0.326 e. The first-order chi connectivity index (χ1) is 8.81. The summed E-state index contributed by atoms with van der Waals surface area (Å²) in [5, 5.41) is 0. The maximum Gasteiger partial charge on any atom is 0.406 e. The predicted octanol–water partition coefficient (Wildman–Crippen LogP) is 4.10. The highest BCUT2D eigenvalue weighted by Crippen LogP contribution is 2.23. The molecule has 1 amide bonds. The first kappa shape index (κ1) is 16.0. The van der Waals surface area contributed by atoms with Crippen molar-refractivity contribution in [3.63, 3.8) is 0 Å². The molecule has 0 aliphatic rings. The zero-order valence-corrected chi connectivity index (χ0v) is 12.2. The number of rotatable bonds is 5. The van der Waals surface area contributed by atoms with Crippen molar-refractivity contribution in [1.82, 2.24) is 4.90 Å². The van der Waals surface area contributed by atoms with E-state index in [1.807, 2.05) is 0 Å². The van der Waals surface area contributed by atoms with Crippen LogP contribution in [-0.2, 0) is 4.79 Å². The van der Waals surface area contributed by atoms with Gasteiger partial charge < -0.3 is 4.90 Å². The van der Waals surface area contributed by atoms with Crippen LogP contribution in [0.4, 0.5) is 13.2 Å². The smallest absolute Gasteiger partial charge is 0.326 e. The third kappa shape index (κ3) is 6.07. The Kier molecular flexibility index (Phi) is 5.81. The van der Waals surface area contributed by atoms with Crippen LogP contribution in [0.2, 0.25) is 0 Å². The molecule has 1 heterocycles. The van der Waals surface area contributed by atoms with Crippen molar-refractivity contribution in [2.75, 3.05) is 13.1 Å². The van der Waals surface area contributed by atoms with E-state index in [0.717, 1.165) is 14.7 Å². The Hall–Kier alpha value is -1.08. The van der Waals surface area contributed by atoms with Crippen molar-refractivity contribution in [2.45, 2.75) is 6.18 Å². The van der Waals surface area contributed by atoms with E-state index in [4.69, 9.17) is 0 Å². The Morgan fingerprint density at radius 3 is 2.63 bits per heavy atom. The third-order valence-corrected chi connectivity index (χ3v) is 3.60. The molecule has 0 fully saturated rings. The van der Waals surface area contributed by atoms with Gasteiger partial charge in [0.1, 0.15) is 6.54 Å². The number of halogens is 4. The number of thiophene rings is 1. The summed E-state index contributed by atoms with van der Waals surface area (Å²) in [6.45, 7) is 1.92. The second-order valence-corrected chi connectivity index (χ2v) is 6.09. The van der Waals surface area contributed by atoms with E-state index < -0.39 is 18.6 Å². The van der Waals surface area contributed by atoms with Crippen molar-refractivity contribution in [2.24, 2.45) is 0 Å². The van der Waals surface area contributed by atoms with Crippen LogP contribution in [0.25, 0.3) is 6.08 Å². The highest BCUT2D eigenvalue weighted by Gasteiger charge is 2.31. The molecular formula is C12H11BrF3NOS. The Morgan fingerprint density at radius 1 is 1.47 bits per heavy atom. The van der Waals surface area contributed by atoms with E-state index in [1.165, 1.54) is 23.5 Å². The molecule has 0 unspecified atom stereocenters. The molecule has 1 aromatic rings. The first-order valence-electron chi connectivity index (χ1n) is 5.22. The molecule has 0 N–H and O–H groups in total. The Balaban J connectivity index is 2.71. The topological polar surface area (TPSA) is 20.3 Å². The third-order valence-electron chi connectivity index (χ3n) is 2.02. The van der Waals surface area contributed by atoms with Gasteiger partial charge in [-0.25, -0.2) is 0 Å². The summed E-state index contributed by atoms with van der Waals surface area (Å²) in [5.41, 5.74) is 0. The fourth-order valence-electron chi connectivity index (χ4n) is 1.28. The van der Waals surface area contributed by atoms with Crippen molar-refractivity contribution in [3.05, 3.63) is 39.5 Å². The molecule has 19 heavy (non-hydrogen) atoms. The van der Waals surface area contributed by atoms with Gasteiger partial charge in [-0.3, -0.25) is 4.79 Å². The SMILES string of the molecule is C=CCN(CC(F)(F)F)C(=O)/C=C/c1ccc(Br)s1. The van der Waals surface area contributed by atoms with E-state index in [2.05, 4.69) is 22.5 Å². The van der Waals surface area contributed by atoms with Crippen LogP contribution in [0.15, 0.2) is 34.7 Å². The second kappa shape index (κ2) is 6.91. The zero-order chi connectivity index (χ0) is 14.5. The van der Waals surface area contributed by atoms with Crippen molar-refractivity contribution in [3.8, 4) is 0 Å². The lowest BCUT2D eigenvalue weighted by molar-refractivity contribution is -0.157. The maximum atomic E-state index is 12.3. The van der Waals surface area contributed by atoms with Gasteiger partial charge in [-0.2, -0.15) is 13.2 Å². The molecule has 0 aromatic carbocycles. The molecule has 1 rings (SSSR count). The van der Waals surface area contributed by atoms with Crippen LogP contribution in [0.3, 0.4) is 0 Å². The first-order valence-corrected chi connectivity index (χ1v) is 6.83. The largest absolute Gasteiger partial charge is 0.406 e. The predicted molar refractivity (Wildman–Crippen MR) is 73.9 cm³/mol. The molecule has 0 saturated carbocycles. The van der Waals surface area contributed by atoms with Gasteiger partial charge in [0.05, 0.1) is 3.79 Å². The molecule has 1 aromatic heterocycles. The van der Waals surface area contributed by atoms with Gasteiger partial charge in [-0.15, -0.1) is 17.9 Å². The van der Waals surface area contributed by atoms with E-state index in [0.29, 0.717) is 4.90 Å². The van der Waals surface area contributed by atoms with E-state index in [1.54, 1.807) is 12.1 Å². The molecule has 0 atom stereocenters. The van der Waals surface area contributed by atoms with Crippen LogP contribution in [0.5, 0.6) is 0 Å². The van der Waals surface area contributed by atoms with Crippen molar-refractivity contribution >= 4 is 39.2 Å². The highest BCUT2D eigenvalue weighted by atomic mass is 79.9. The number of hydrogen-bond donors (Lipinski definition) is 0. The average Bonchev–Trinajstić information content (AvgIpc) is 2.70. The monoisotopic (exact) mass is 353 g/mol. The number of hydrogen-bond acceptors (Lipinski definition) is 2. The number of carbonyl (C=O) groups is 1. The number of carbonyl (C=O) groups excluding carboxylic acids is 1. The number of alkyl halides is 3. The van der Waals surface area contributed by atoms with E-state index >= 15 is 0 Å². The minimum atomic E-state index is -4.42.